The third kappa shape index (κ3) is 3.80. The number of nitrogens with two attached hydrogens (primary N) is 1. The number of halogens is 1. The predicted octanol–water partition coefficient (Wildman–Crippen LogP) is 4.23. The predicted molar refractivity (Wildman–Crippen MR) is 113 cm³/mol. The molecule has 0 bridgehead atoms. The second-order valence-electron chi connectivity index (χ2n) is 6.96. The molecule has 7 heteroatoms. The van der Waals surface area contributed by atoms with E-state index in [9.17, 15) is 17.6 Å². The summed E-state index contributed by atoms with van der Waals surface area (Å²) in [6.07, 6.45) is 0.299. The first-order chi connectivity index (χ1) is 14.2. The fourth-order valence-corrected chi connectivity index (χ4v) is 5.20. The van der Waals surface area contributed by atoms with Crippen LogP contribution in [0.5, 0.6) is 0 Å². The number of ether oxygens (including phenoxy) is 1. The maximum absolute atomic E-state index is 13.5. The molecule has 0 aliphatic heterocycles. The molecule has 3 rings (SSSR count). The molecule has 156 valence electrons. The minimum Gasteiger partial charge on any atom is -0.465 e. The van der Waals surface area contributed by atoms with Crippen LogP contribution in [0.4, 0.5) is 10.1 Å². The Morgan fingerprint density at radius 1 is 1.00 bits per heavy atom. The summed E-state index contributed by atoms with van der Waals surface area (Å²) in [6, 6.07) is 13.8. The van der Waals surface area contributed by atoms with E-state index in [4.69, 9.17) is 10.5 Å². The Morgan fingerprint density at radius 2 is 1.60 bits per heavy atom. The van der Waals surface area contributed by atoms with E-state index in [1.807, 2.05) is 30.3 Å². The number of benzene rings is 3. The average molecular weight is 427 g/mol. The fraction of sp³-hybridized carbons (Fsp3) is 0.174. The van der Waals surface area contributed by atoms with E-state index in [2.05, 4.69) is 0 Å². The molecule has 0 saturated carbocycles. The van der Waals surface area contributed by atoms with Crippen LogP contribution >= 0.6 is 0 Å². The number of rotatable bonds is 5. The Labute approximate surface area is 175 Å². The van der Waals surface area contributed by atoms with Crippen molar-refractivity contribution in [2.24, 2.45) is 0 Å². The zero-order chi connectivity index (χ0) is 22.1. The summed E-state index contributed by atoms with van der Waals surface area (Å²) in [6.45, 7) is 3.30. The van der Waals surface area contributed by atoms with E-state index in [-0.39, 0.29) is 26.6 Å². The van der Waals surface area contributed by atoms with Crippen LogP contribution in [0, 0.1) is 19.7 Å². The minimum atomic E-state index is -4.17. The van der Waals surface area contributed by atoms with Gasteiger partial charge in [0.15, 0.2) is 0 Å². The van der Waals surface area contributed by atoms with Crippen LogP contribution in [0.3, 0.4) is 0 Å². The number of esters is 1. The summed E-state index contributed by atoms with van der Waals surface area (Å²) in [5, 5.41) is 0. The Kier molecular flexibility index (Phi) is 5.94. The third-order valence-corrected chi connectivity index (χ3v) is 7.08. The molecule has 0 radical (unpaired) electrons. The maximum Gasteiger partial charge on any atom is 0.339 e. The molecular weight excluding hydrogens is 405 g/mol. The van der Waals surface area contributed by atoms with Gasteiger partial charge in [0.2, 0.25) is 9.84 Å². The molecule has 0 aliphatic rings. The number of sulfone groups is 1. The zero-order valence-electron chi connectivity index (χ0n) is 16.9. The summed E-state index contributed by atoms with van der Waals surface area (Å²) >= 11 is 0. The second-order valence-corrected chi connectivity index (χ2v) is 8.84. The first-order valence-corrected chi connectivity index (χ1v) is 10.7. The molecule has 5 nitrogen and oxygen atoms in total. The highest BCUT2D eigenvalue weighted by Gasteiger charge is 2.32. The molecule has 0 atom stereocenters. The lowest BCUT2D eigenvalue weighted by Crippen LogP contribution is -2.19. The number of hydrogen-bond donors (Lipinski definition) is 1. The Hall–Kier alpha value is -3.19. The molecule has 3 aromatic rings. The van der Waals surface area contributed by atoms with Crippen molar-refractivity contribution in [1.29, 1.82) is 0 Å². The number of anilines is 1. The van der Waals surface area contributed by atoms with Crippen LogP contribution in [0.2, 0.25) is 0 Å². The quantitative estimate of drug-likeness (QED) is 0.374. The lowest BCUT2D eigenvalue weighted by Gasteiger charge is -2.21. The lowest BCUT2D eigenvalue weighted by molar-refractivity contribution is 0.0595. The van der Waals surface area contributed by atoms with Crippen molar-refractivity contribution in [3.8, 4) is 0 Å². The van der Waals surface area contributed by atoms with Crippen molar-refractivity contribution in [1.82, 2.24) is 0 Å². The Balaban J connectivity index is 2.37. The largest absolute Gasteiger partial charge is 0.465 e. The van der Waals surface area contributed by atoms with Crippen molar-refractivity contribution >= 4 is 21.5 Å². The van der Waals surface area contributed by atoms with E-state index in [1.54, 1.807) is 13.8 Å². The van der Waals surface area contributed by atoms with E-state index in [0.29, 0.717) is 17.5 Å². The van der Waals surface area contributed by atoms with Crippen LogP contribution < -0.4 is 5.73 Å². The fourth-order valence-electron chi connectivity index (χ4n) is 3.48. The summed E-state index contributed by atoms with van der Waals surface area (Å²) < 4.78 is 45.3. The van der Waals surface area contributed by atoms with Crippen LogP contribution in [-0.4, -0.2) is 21.5 Å². The molecule has 0 aromatic heterocycles. The van der Waals surface area contributed by atoms with Gasteiger partial charge in [-0.15, -0.1) is 0 Å². The standard InChI is InChI=1S/C23H22FNO4S/c1-14-19(13-16-7-5-4-6-8-16)20(23(26)29-3)22(15(2)21(14)25)30(27,28)18-11-9-17(24)10-12-18/h4-12H,13,25H2,1-3H3. The average Bonchev–Trinajstić information content (AvgIpc) is 2.74. The van der Waals surface area contributed by atoms with Gasteiger partial charge in [0, 0.05) is 5.69 Å². The number of methoxy groups -OCH3 is 1. The minimum absolute atomic E-state index is 0.0464. The van der Waals surface area contributed by atoms with E-state index in [1.165, 1.54) is 7.11 Å². The lowest BCUT2D eigenvalue weighted by atomic mass is 9.91. The molecule has 3 aromatic carbocycles. The van der Waals surface area contributed by atoms with Gasteiger partial charge in [0.25, 0.3) is 0 Å². The van der Waals surface area contributed by atoms with Crippen LogP contribution in [0.15, 0.2) is 64.4 Å². The van der Waals surface area contributed by atoms with Gasteiger partial charge in [-0.3, -0.25) is 0 Å². The van der Waals surface area contributed by atoms with Crippen molar-refractivity contribution < 1.29 is 22.3 Å². The number of nitrogen functional groups attached to an aromatic ring is 1. The molecule has 0 unspecified atom stereocenters. The monoisotopic (exact) mass is 427 g/mol. The van der Waals surface area contributed by atoms with Gasteiger partial charge in [-0.2, -0.15) is 0 Å². The van der Waals surface area contributed by atoms with Gasteiger partial charge < -0.3 is 10.5 Å². The first-order valence-electron chi connectivity index (χ1n) is 9.22. The first kappa shape index (κ1) is 21.5. The molecule has 0 spiro atoms. The van der Waals surface area contributed by atoms with Gasteiger partial charge in [0.05, 0.1) is 22.5 Å². The molecular formula is C23H22FNO4S. The highest BCUT2D eigenvalue weighted by atomic mass is 32.2. The van der Waals surface area contributed by atoms with Crippen molar-refractivity contribution in [2.75, 3.05) is 12.8 Å². The normalized spacial score (nSPS) is 11.3. The smallest absolute Gasteiger partial charge is 0.339 e. The zero-order valence-corrected chi connectivity index (χ0v) is 17.7. The van der Waals surface area contributed by atoms with E-state index < -0.39 is 21.6 Å². The molecule has 0 saturated heterocycles. The van der Waals surface area contributed by atoms with Gasteiger partial charge in [-0.25, -0.2) is 17.6 Å². The Morgan fingerprint density at radius 3 is 2.17 bits per heavy atom. The number of hydrogen-bond acceptors (Lipinski definition) is 5. The molecule has 30 heavy (non-hydrogen) atoms. The maximum atomic E-state index is 13.5. The van der Waals surface area contributed by atoms with Crippen molar-refractivity contribution in [3.05, 3.63) is 88.2 Å². The number of carbonyl (C=O) groups is 1. The molecule has 0 heterocycles. The van der Waals surface area contributed by atoms with Crippen LogP contribution in [0.1, 0.15) is 32.6 Å². The second kappa shape index (κ2) is 8.28. The summed E-state index contributed by atoms with van der Waals surface area (Å²) in [5.41, 5.74) is 8.76. The van der Waals surface area contributed by atoms with Gasteiger partial charge in [-0.05, 0) is 66.8 Å². The highest BCUT2D eigenvalue weighted by Crippen LogP contribution is 2.37. The van der Waals surface area contributed by atoms with Gasteiger partial charge in [-0.1, -0.05) is 30.3 Å². The molecule has 2 N–H and O–H groups in total. The number of carbonyl (C=O) groups excluding carboxylic acids is 1. The highest BCUT2D eigenvalue weighted by molar-refractivity contribution is 7.91. The SMILES string of the molecule is COC(=O)c1c(Cc2ccccc2)c(C)c(N)c(C)c1S(=O)(=O)c1ccc(F)cc1. The van der Waals surface area contributed by atoms with Crippen LogP contribution in [0.25, 0.3) is 0 Å². The summed E-state index contributed by atoms with van der Waals surface area (Å²) in [7, 11) is -2.98. The van der Waals surface area contributed by atoms with E-state index >= 15 is 0 Å². The summed E-state index contributed by atoms with van der Waals surface area (Å²) in [4.78, 5) is 12.5. The summed E-state index contributed by atoms with van der Waals surface area (Å²) in [5.74, 6) is -1.33. The van der Waals surface area contributed by atoms with Crippen molar-refractivity contribution in [3.63, 3.8) is 0 Å². The molecule has 0 amide bonds. The third-order valence-electron chi connectivity index (χ3n) is 5.14. The van der Waals surface area contributed by atoms with E-state index in [0.717, 1.165) is 29.8 Å². The molecule has 0 aliphatic carbocycles. The topological polar surface area (TPSA) is 86.5 Å². The Bertz CT molecular complexity index is 1200. The molecule has 0 fully saturated rings. The van der Waals surface area contributed by atoms with Crippen molar-refractivity contribution in [2.45, 2.75) is 30.1 Å². The van der Waals surface area contributed by atoms with Crippen LogP contribution in [-0.2, 0) is 21.0 Å². The van der Waals surface area contributed by atoms with Gasteiger partial charge >= 0.3 is 5.97 Å². The van der Waals surface area contributed by atoms with Gasteiger partial charge in [0.1, 0.15) is 5.82 Å².